The van der Waals surface area contributed by atoms with Crippen molar-refractivity contribution >= 4 is 17.6 Å². The van der Waals surface area contributed by atoms with E-state index in [9.17, 15) is 8.78 Å². The minimum absolute atomic E-state index is 0.503. The normalized spacial score (nSPS) is 17.2. The molecular formula is C25H25F2N5O. The number of anilines is 1. The highest BCUT2D eigenvalue weighted by atomic mass is 19.1. The second kappa shape index (κ2) is 8.69. The standard InChI is InChI=1S/C25H25F2N5O/c1-17-15-30(16-29-17)23-6-5-18(11-24(23)33-2)10-19-4-3-8-32-25(19)28-7-9-31(32)22-13-20(26)12-21(27)14-22/h5-6,10-16H,3-4,7-9H2,1-2H3/b19-10+. The molecule has 1 saturated heterocycles. The van der Waals surface area contributed by atoms with Crippen LogP contribution in [0.1, 0.15) is 24.1 Å². The number of aliphatic imine (C=N–C) groups is 1. The van der Waals surface area contributed by atoms with Crippen molar-refractivity contribution in [2.24, 2.45) is 4.99 Å². The number of fused-ring (bicyclic) bond motifs is 1. The van der Waals surface area contributed by atoms with Crippen LogP contribution in [0.5, 0.6) is 5.75 Å². The van der Waals surface area contributed by atoms with E-state index in [1.165, 1.54) is 12.1 Å². The maximum atomic E-state index is 13.9. The molecule has 3 heterocycles. The zero-order valence-corrected chi connectivity index (χ0v) is 18.6. The molecule has 1 fully saturated rings. The molecule has 0 bridgehead atoms. The Labute approximate surface area is 191 Å². The smallest absolute Gasteiger partial charge is 0.145 e. The molecule has 0 spiro atoms. The number of halogens is 2. The lowest BCUT2D eigenvalue weighted by Gasteiger charge is -2.44. The number of piperidine rings is 1. The molecule has 2 aliphatic heterocycles. The van der Waals surface area contributed by atoms with Crippen LogP contribution in [-0.4, -0.2) is 47.1 Å². The van der Waals surface area contributed by atoms with Crippen molar-refractivity contribution in [1.29, 1.82) is 0 Å². The molecule has 0 N–H and O–H groups in total. The highest BCUT2D eigenvalue weighted by Gasteiger charge is 2.29. The number of rotatable bonds is 4. The Morgan fingerprint density at radius 3 is 2.58 bits per heavy atom. The third kappa shape index (κ3) is 4.20. The van der Waals surface area contributed by atoms with Crippen LogP contribution in [0.4, 0.5) is 14.5 Å². The topological polar surface area (TPSA) is 45.9 Å². The summed E-state index contributed by atoms with van der Waals surface area (Å²) in [6, 6.07) is 9.68. The summed E-state index contributed by atoms with van der Waals surface area (Å²) >= 11 is 0. The van der Waals surface area contributed by atoms with Gasteiger partial charge in [0.1, 0.15) is 23.2 Å². The van der Waals surface area contributed by atoms with Gasteiger partial charge in [-0.05, 0) is 61.2 Å². The first-order valence-corrected chi connectivity index (χ1v) is 11.0. The van der Waals surface area contributed by atoms with Crippen molar-refractivity contribution in [3.05, 3.63) is 77.4 Å². The Kier molecular flexibility index (Phi) is 5.58. The number of imidazole rings is 1. The van der Waals surface area contributed by atoms with Crippen LogP contribution >= 0.6 is 0 Å². The number of amidine groups is 1. The lowest BCUT2D eigenvalue weighted by Crippen LogP contribution is -2.53. The van der Waals surface area contributed by atoms with Crippen molar-refractivity contribution in [1.82, 2.24) is 14.6 Å². The van der Waals surface area contributed by atoms with Gasteiger partial charge in [0.2, 0.25) is 0 Å². The van der Waals surface area contributed by atoms with E-state index in [1.54, 1.807) is 13.4 Å². The zero-order valence-electron chi connectivity index (χ0n) is 18.6. The Morgan fingerprint density at radius 1 is 1.03 bits per heavy atom. The Balaban J connectivity index is 1.46. The van der Waals surface area contributed by atoms with Gasteiger partial charge in [-0.15, -0.1) is 0 Å². The third-order valence-corrected chi connectivity index (χ3v) is 5.89. The average molecular weight is 450 g/mol. The number of hydrogen-bond donors (Lipinski definition) is 0. The molecule has 5 rings (SSSR count). The van der Waals surface area contributed by atoms with Crippen molar-refractivity contribution < 1.29 is 13.5 Å². The van der Waals surface area contributed by atoms with Gasteiger partial charge >= 0.3 is 0 Å². The first-order valence-electron chi connectivity index (χ1n) is 11.0. The van der Waals surface area contributed by atoms with Gasteiger partial charge in [0, 0.05) is 18.8 Å². The minimum atomic E-state index is -0.581. The van der Waals surface area contributed by atoms with Gasteiger partial charge < -0.3 is 9.30 Å². The number of hydrogen-bond acceptors (Lipinski definition) is 5. The van der Waals surface area contributed by atoms with Crippen LogP contribution in [0.2, 0.25) is 0 Å². The molecule has 1 aromatic heterocycles. The lowest BCUT2D eigenvalue weighted by molar-refractivity contribution is 0.347. The monoisotopic (exact) mass is 449 g/mol. The predicted octanol–water partition coefficient (Wildman–Crippen LogP) is 4.78. The van der Waals surface area contributed by atoms with E-state index < -0.39 is 11.6 Å². The summed E-state index contributed by atoms with van der Waals surface area (Å²) in [7, 11) is 1.66. The van der Waals surface area contributed by atoms with Gasteiger partial charge in [-0.3, -0.25) is 15.0 Å². The number of nitrogens with zero attached hydrogens (tertiary/aromatic N) is 5. The van der Waals surface area contributed by atoms with E-state index in [4.69, 9.17) is 9.73 Å². The summed E-state index contributed by atoms with van der Waals surface area (Å²) in [6.45, 7) is 3.83. The van der Waals surface area contributed by atoms with Gasteiger partial charge in [-0.1, -0.05) is 6.07 Å². The van der Waals surface area contributed by atoms with Gasteiger partial charge in [0.15, 0.2) is 0 Å². The second-order valence-electron chi connectivity index (χ2n) is 8.21. The molecule has 0 saturated carbocycles. The summed E-state index contributed by atoms with van der Waals surface area (Å²) < 4.78 is 35.3. The van der Waals surface area contributed by atoms with Crippen molar-refractivity contribution in [2.75, 3.05) is 31.8 Å². The third-order valence-electron chi connectivity index (χ3n) is 5.89. The summed E-state index contributed by atoms with van der Waals surface area (Å²) in [5.41, 5.74) is 4.45. The van der Waals surface area contributed by atoms with Crippen LogP contribution in [0.25, 0.3) is 11.8 Å². The highest BCUT2D eigenvalue weighted by molar-refractivity contribution is 6.04. The SMILES string of the molecule is COc1cc(/C=C2\CCCN3C2=NCCN3c2cc(F)cc(F)c2)ccc1-n1cnc(C)c1. The quantitative estimate of drug-likeness (QED) is 0.575. The van der Waals surface area contributed by atoms with Crippen LogP contribution in [0.15, 0.2) is 59.5 Å². The van der Waals surface area contributed by atoms with E-state index in [-0.39, 0.29) is 0 Å². The number of methoxy groups -OCH3 is 1. The first kappa shape index (κ1) is 21.2. The fourth-order valence-electron chi connectivity index (χ4n) is 4.44. The van der Waals surface area contributed by atoms with Crippen LogP contribution < -0.4 is 9.75 Å². The van der Waals surface area contributed by atoms with Crippen LogP contribution in [-0.2, 0) is 0 Å². The number of ether oxygens (including phenoxy) is 1. The van der Waals surface area contributed by atoms with Gasteiger partial charge in [-0.2, -0.15) is 0 Å². The molecule has 6 nitrogen and oxygen atoms in total. The Morgan fingerprint density at radius 2 is 1.85 bits per heavy atom. The van der Waals surface area contributed by atoms with Crippen LogP contribution in [0, 0.1) is 18.6 Å². The van der Waals surface area contributed by atoms with E-state index in [0.717, 1.165) is 59.6 Å². The number of aryl methyl sites for hydroxylation is 1. The molecule has 170 valence electrons. The van der Waals surface area contributed by atoms with Crippen LogP contribution in [0.3, 0.4) is 0 Å². The molecule has 8 heteroatoms. The summed E-state index contributed by atoms with van der Waals surface area (Å²) in [4.78, 5) is 9.06. The zero-order chi connectivity index (χ0) is 22.9. The van der Waals surface area contributed by atoms with Gasteiger partial charge in [-0.25, -0.2) is 13.8 Å². The summed E-state index contributed by atoms with van der Waals surface area (Å²) in [5.74, 6) is 0.437. The molecule has 0 unspecified atom stereocenters. The molecule has 0 radical (unpaired) electrons. The number of benzene rings is 2. The van der Waals surface area contributed by atoms with Gasteiger partial charge in [0.25, 0.3) is 0 Å². The van der Waals surface area contributed by atoms with E-state index in [2.05, 4.69) is 11.1 Å². The Hall–Kier alpha value is -3.68. The Bertz CT molecular complexity index is 1230. The molecule has 3 aromatic rings. The average Bonchev–Trinajstić information content (AvgIpc) is 3.24. The maximum absolute atomic E-state index is 13.9. The van der Waals surface area contributed by atoms with Crippen molar-refractivity contribution in [3.8, 4) is 11.4 Å². The highest BCUT2D eigenvalue weighted by Crippen LogP contribution is 2.31. The van der Waals surface area contributed by atoms with Crippen molar-refractivity contribution in [3.63, 3.8) is 0 Å². The summed E-state index contributed by atoms with van der Waals surface area (Å²) in [6.07, 6.45) is 7.64. The van der Waals surface area contributed by atoms with Gasteiger partial charge in [0.05, 0.1) is 43.6 Å². The fraction of sp³-hybridized carbons (Fsp3) is 0.280. The summed E-state index contributed by atoms with van der Waals surface area (Å²) in [5, 5.41) is 3.96. The number of hydrazine groups is 1. The molecule has 0 aliphatic carbocycles. The van der Waals surface area contributed by atoms with E-state index in [0.29, 0.717) is 18.8 Å². The first-order chi connectivity index (χ1) is 16.0. The van der Waals surface area contributed by atoms with E-state index in [1.807, 2.05) is 45.9 Å². The van der Waals surface area contributed by atoms with E-state index >= 15 is 0 Å². The number of aromatic nitrogens is 2. The molecule has 2 aliphatic rings. The molecule has 0 amide bonds. The molecule has 2 aromatic carbocycles. The maximum Gasteiger partial charge on any atom is 0.145 e. The predicted molar refractivity (Wildman–Crippen MR) is 125 cm³/mol. The fourth-order valence-corrected chi connectivity index (χ4v) is 4.44. The molecule has 33 heavy (non-hydrogen) atoms. The second-order valence-corrected chi connectivity index (χ2v) is 8.21. The lowest BCUT2D eigenvalue weighted by atomic mass is 10.00. The molecular weight excluding hydrogens is 424 g/mol. The van der Waals surface area contributed by atoms with Crippen molar-refractivity contribution in [2.45, 2.75) is 19.8 Å². The largest absolute Gasteiger partial charge is 0.495 e. The minimum Gasteiger partial charge on any atom is -0.495 e. The molecule has 0 atom stereocenters.